The average molecular weight is 325 g/mol. The Labute approximate surface area is 130 Å². The Bertz CT molecular complexity index is 625. The Morgan fingerprint density at radius 3 is 3.10 bits per heavy atom. The molecule has 0 aliphatic carbocycles. The van der Waals surface area contributed by atoms with Crippen molar-refractivity contribution in [2.75, 3.05) is 17.2 Å². The largest absolute Gasteiger partial charge is 0.360 e. The van der Waals surface area contributed by atoms with E-state index in [0.29, 0.717) is 23.3 Å². The molecule has 0 spiro atoms. The van der Waals surface area contributed by atoms with Crippen molar-refractivity contribution in [1.82, 2.24) is 15.4 Å². The van der Waals surface area contributed by atoms with E-state index in [-0.39, 0.29) is 11.2 Å². The summed E-state index contributed by atoms with van der Waals surface area (Å²) >= 11 is 2.74. The molecule has 0 aliphatic rings. The van der Waals surface area contributed by atoms with Gasteiger partial charge in [0.15, 0.2) is 10.2 Å². The Kier molecular flexibility index (Phi) is 5.34. The monoisotopic (exact) mass is 325 g/mol. The molecule has 0 saturated heterocycles. The molecule has 0 fully saturated rings. The number of carbonyl (C=O) groups is 1. The maximum atomic E-state index is 12.0. The second kappa shape index (κ2) is 7.23. The lowest BCUT2D eigenvalue weighted by molar-refractivity contribution is -0.115. The molecule has 2 aromatic rings. The summed E-state index contributed by atoms with van der Waals surface area (Å²) in [4.78, 5) is 12.0. The molecule has 0 aliphatic heterocycles. The highest BCUT2D eigenvalue weighted by atomic mass is 32.2. The topological polar surface area (TPSA) is 92.9 Å². The third-order valence-electron chi connectivity index (χ3n) is 2.33. The number of anilines is 2. The number of thioether (sulfide) groups is 1. The highest BCUT2D eigenvalue weighted by molar-refractivity contribution is 8.02. The Hall–Kier alpha value is -1.87. The van der Waals surface area contributed by atoms with E-state index in [1.165, 1.54) is 23.1 Å². The Morgan fingerprint density at radius 2 is 2.43 bits per heavy atom. The van der Waals surface area contributed by atoms with Gasteiger partial charge in [0.05, 0.1) is 5.25 Å². The first kappa shape index (κ1) is 15.5. The van der Waals surface area contributed by atoms with Gasteiger partial charge < -0.3 is 15.2 Å². The molecule has 21 heavy (non-hydrogen) atoms. The fourth-order valence-electron chi connectivity index (χ4n) is 1.35. The summed E-state index contributed by atoms with van der Waals surface area (Å²) < 4.78 is 5.62. The van der Waals surface area contributed by atoms with E-state index >= 15 is 0 Å². The molecule has 2 aromatic heterocycles. The van der Waals surface area contributed by atoms with Gasteiger partial charge in [-0.3, -0.25) is 4.79 Å². The molecule has 0 aromatic carbocycles. The van der Waals surface area contributed by atoms with Crippen molar-refractivity contribution >= 4 is 40.0 Å². The number of hydrogen-bond acceptors (Lipinski definition) is 8. The minimum atomic E-state index is -0.317. The number of aromatic nitrogens is 3. The molecule has 7 nitrogen and oxygen atoms in total. The van der Waals surface area contributed by atoms with Crippen LogP contribution in [0.5, 0.6) is 0 Å². The van der Waals surface area contributed by atoms with Crippen LogP contribution in [-0.2, 0) is 4.79 Å². The highest BCUT2D eigenvalue weighted by Crippen LogP contribution is 2.29. The van der Waals surface area contributed by atoms with E-state index in [9.17, 15) is 4.79 Å². The summed E-state index contributed by atoms with van der Waals surface area (Å²) in [5.74, 6) is 0.896. The summed E-state index contributed by atoms with van der Waals surface area (Å²) in [7, 11) is 0. The van der Waals surface area contributed by atoms with Crippen molar-refractivity contribution in [1.29, 1.82) is 0 Å². The molecule has 1 atom stereocenters. The molecule has 2 N–H and O–H groups in total. The molecule has 0 bridgehead atoms. The van der Waals surface area contributed by atoms with Crippen LogP contribution in [0.1, 0.15) is 12.7 Å². The number of nitrogens with zero attached hydrogens (tertiary/aromatic N) is 3. The molecular formula is C12H15N5O2S2. The van der Waals surface area contributed by atoms with E-state index in [4.69, 9.17) is 4.52 Å². The number of carbonyl (C=O) groups excluding carboxylic acids is 1. The molecule has 9 heteroatoms. The molecular weight excluding hydrogens is 310 g/mol. The number of rotatable bonds is 7. The standard InChI is InChI=1S/C12H15N5O2S2/c1-4-5-13-11-15-16-12(21-11)20-8(3)10(18)14-9-6-7(2)19-17-9/h4,6,8H,1,5H2,2-3H3,(H,13,15)(H,14,17,18). The summed E-state index contributed by atoms with van der Waals surface area (Å²) in [6, 6.07) is 1.66. The molecule has 112 valence electrons. The van der Waals surface area contributed by atoms with Crippen LogP contribution in [0.4, 0.5) is 10.9 Å². The fourth-order valence-corrected chi connectivity index (χ4v) is 3.25. The Balaban J connectivity index is 1.88. The summed E-state index contributed by atoms with van der Waals surface area (Å²) in [6.45, 7) is 7.80. The molecule has 0 saturated carbocycles. The predicted molar refractivity (Wildman–Crippen MR) is 83.8 cm³/mol. The van der Waals surface area contributed by atoms with Gasteiger partial charge in [-0.2, -0.15) is 0 Å². The second-order valence-corrected chi connectivity index (χ2v) is 6.68. The van der Waals surface area contributed by atoms with Crippen LogP contribution in [0.15, 0.2) is 27.6 Å². The van der Waals surface area contributed by atoms with Crippen LogP contribution in [0.25, 0.3) is 0 Å². The van der Waals surface area contributed by atoms with Crippen LogP contribution in [0, 0.1) is 6.92 Å². The minimum absolute atomic E-state index is 0.163. The van der Waals surface area contributed by atoms with Gasteiger partial charge in [0.1, 0.15) is 5.76 Å². The smallest absolute Gasteiger partial charge is 0.238 e. The van der Waals surface area contributed by atoms with Crippen LogP contribution in [0.2, 0.25) is 0 Å². The SMILES string of the molecule is C=CCNc1nnc(SC(C)C(=O)Nc2cc(C)on2)s1. The van der Waals surface area contributed by atoms with Gasteiger partial charge in [-0.05, 0) is 13.8 Å². The molecule has 1 amide bonds. The quantitative estimate of drug-likeness (QED) is 0.597. The highest BCUT2D eigenvalue weighted by Gasteiger charge is 2.18. The van der Waals surface area contributed by atoms with E-state index in [1.807, 2.05) is 0 Å². The van der Waals surface area contributed by atoms with Gasteiger partial charge in [0.25, 0.3) is 0 Å². The number of amides is 1. The predicted octanol–water partition coefficient (Wildman–Crippen LogP) is 2.55. The zero-order valence-corrected chi connectivity index (χ0v) is 13.3. The normalized spacial score (nSPS) is 11.9. The zero-order chi connectivity index (χ0) is 15.2. The van der Waals surface area contributed by atoms with E-state index in [0.717, 1.165) is 4.34 Å². The summed E-state index contributed by atoms with van der Waals surface area (Å²) in [6.07, 6.45) is 1.74. The van der Waals surface area contributed by atoms with Crippen molar-refractivity contribution < 1.29 is 9.32 Å². The van der Waals surface area contributed by atoms with Crippen LogP contribution < -0.4 is 10.6 Å². The lowest BCUT2D eigenvalue weighted by Crippen LogP contribution is -2.22. The van der Waals surface area contributed by atoms with Crippen molar-refractivity contribution in [2.45, 2.75) is 23.4 Å². The third kappa shape index (κ3) is 4.57. The lowest BCUT2D eigenvalue weighted by atomic mass is 10.4. The third-order valence-corrected chi connectivity index (χ3v) is 4.40. The summed E-state index contributed by atoms with van der Waals surface area (Å²) in [5.41, 5.74) is 0. The van der Waals surface area contributed by atoms with Crippen LogP contribution in [0.3, 0.4) is 0 Å². The lowest BCUT2D eigenvalue weighted by Gasteiger charge is -2.07. The average Bonchev–Trinajstić information content (AvgIpc) is 3.05. The number of hydrogen-bond donors (Lipinski definition) is 2. The first-order valence-electron chi connectivity index (χ1n) is 6.17. The summed E-state index contributed by atoms with van der Waals surface area (Å²) in [5, 5.41) is 17.9. The number of nitrogens with one attached hydrogen (secondary N) is 2. The van der Waals surface area contributed by atoms with Crippen molar-refractivity contribution in [3.8, 4) is 0 Å². The van der Waals surface area contributed by atoms with E-state index < -0.39 is 0 Å². The number of aryl methyl sites for hydroxylation is 1. The van der Waals surface area contributed by atoms with Gasteiger partial charge in [0.2, 0.25) is 11.0 Å². The molecule has 2 rings (SSSR count). The maximum Gasteiger partial charge on any atom is 0.238 e. The molecule has 0 radical (unpaired) electrons. The maximum absolute atomic E-state index is 12.0. The first-order valence-corrected chi connectivity index (χ1v) is 7.87. The van der Waals surface area contributed by atoms with Crippen molar-refractivity contribution in [3.05, 3.63) is 24.5 Å². The van der Waals surface area contributed by atoms with Gasteiger partial charge in [-0.15, -0.1) is 16.8 Å². The molecule has 2 heterocycles. The van der Waals surface area contributed by atoms with Crippen LogP contribution in [-0.4, -0.2) is 33.1 Å². The first-order chi connectivity index (χ1) is 10.1. The van der Waals surface area contributed by atoms with Crippen LogP contribution >= 0.6 is 23.1 Å². The van der Waals surface area contributed by atoms with Gasteiger partial charge >= 0.3 is 0 Å². The Morgan fingerprint density at radius 1 is 1.62 bits per heavy atom. The minimum Gasteiger partial charge on any atom is -0.360 e. The van der Waals surface area contributed by atoms with Gasteiger partial charge in [-0.25, -0.2) is 0 Å². The second-order valence-electron chi connectivity index (χ2n) is 4.11. The van der Waals surface area contributed by atoms with Crippen molar-refractivity contribution in [2.24, 2.45) is 0 Å². The van der Waals surface area contributed by atoms with Crippen molar-refractivity contribution in [3.63, 3.8) is 0 Å². The van der Waals surface area contributed by atoms with Gasteiger partial charge in [-0.1, -0.05) is 34.3 Å². The van der Waals surface area contributed by atoms with E-state index in [2.05, 4.69) is 32.6 Å². The molecule has 1 unspecified atom stereocenters. The zero-order valence-electron chi connectivity index (χ0n) is 11.6. The van der Waals surface area contributed by atoms with Gasteiger partial charge in [0, 0.05) is 12.6 Å². The fraction of sp³-hybridized carbons (Fsp3) is 0.333. The van der Waals surface area contributed by atoms with E-state index in [1.54, 1.807) is 26.0 Å².